The minimum atomic E-state index is -0.814. The molecule has 0 aliphatic carbocycles. The highest BCUT2D eigenvalue weighted by Crippen LogP contribution is 2.17. The van der Waals surface area contributed by atoms with Crippen LogP contribution in [0.15, 0.2) is 48.5 Å². The predicted octanol–water partition coefficient (Wildman–Crippen LogP) is 4.33. The Labute approximate surface area is 198 Å². The molecule has 0 aliphatic heterocycles. The van der Waals surface area contributed by atoms with E-state index < -0.39 is 17.8 Å². The lowest BCUT2D eigenvalue weighted by Crippen LogP contribution is -2.34. The van der Waals surface area contributed by atoms with Crippen molar-refractivity contribution in [3.63, 3.8) is 0 Å². The van der Waals surface area contributed by atoms with Crippen LogP contribution in [0.5, 0.6) is 5.75 Å². The lowest BCUT2D eigenvalue weighted by molar-refractivity contribution is -0.116. The van der Waals surface area contributed by atoms with Crippen LogP contribution >= 0.6 is 0 Å². The molecule has 0 radical (unpaired) electrons. The van der Waals surface area contributed by atoms with Gasteiger partial charge in [-0.2, -0.15) is 0 Å². The molecule has 0 saturated heterocycles. The van der Waals surface area contributed by atoms with Gasteiger partial charge in [-0.05, 0) is 76.2 Å². The third-order valence-corrected chi connectivity index (χ3v) is 4.03. The number of ether oxygens (including phenoxy) is 3. The second-order valence-electron chi connectivity index (χ2n) is 8.07. The number of carbonyl (C=O) groups is 4. The van der Waals surface area contributed by atoms with Crippen molar-refractivity contribution in [1.82, 2.24) is 5.32 Å². The minimum Gasteiger partial charge on any atom is -0.444 e. The molecule has 2 aromatic carbocycles. The number of rotatable bonds is 8. The van der Waals surface area contributed by atoms with Gasteiger partial charge >= 0.3 is 12.2 Å². The van der Waals surface area contributed by atoms with Crippen molar-refractivity contribution in [2.75, 3.05) is 23.8 Å². The van der Waals surface area contributed by atoms with E-state index in [4.69, 9.17) is 14.2 Å². The lowest BCUT2D eigenvalue weighted by atomic mass is 10.2. The van der Waals surface area contributed by atoms with E-state index in [1.54, 1.807) is 52.0 Å². The molecule has 10 nitrogen and oxygen atoms in total. The van der Waals surface area contributed by atoms with Crippen LogP contribution in [-0.4, -0.2) is 42.8 Å². The first kappa shape index (κ1) is 26.2. The van der Waals surface area contributed by atoms with E-state index in [-0.39, 0.29) is 37.1 Å². The molecule has 3 N–H and O–H groups in total. The molecule has 0 fully saturated rings. The van der Waals surface area contributed by atoms with E-state index in [0.29, 0.717) is 16.9 Å². The fourth-order valence-corrected chi connectivity index (χ4v) is 2.57. The molecule has 0 aromatic heterocycles. The van der Waals surface area contributed by atoms with Gasteiger partial charge in [-0.3, -0.25) is 9.59 Å². The predicted molar refractivity (Wildman–Crippen MR) is 126 cm³/mol. The highest BCUT2D eigenvalue weighted by atomic mass is 16.7. The molecule has 3 amide bonds. The maximum Gasteiger partial charge on any atom is 0.513 e. The summed E-state index contributed by atoms with van der Waals surface area (Å²) >= 11 is 0. The molecule has 0 aliphatic rings. The number of carbonyl (C=O) groups excluding carboxylic acids is 4. The van der Waals surface area contributed by atoms with E-state index in [9.17, 15) is 19.2 Å². The topological polar surface area (TPSA) is 132 Å². The Balaban J connectivity index is 1.79. The Bertz CT molecular complexity index is 997. The Morgan fingerprint density at radius 3 is 2.00 bits per heavy atom. The van der Waals surface area contributed by atoms with Gasteiger partial charge in [-0.15, -0.1) is 0 Å². The van der Waals surface area contributed by atoms with Crippen LogP contribution in [0.3, 0.4) is 0 Å². The first-order valence-corrected chi connectivity index (χ1v) is 10.7. The molecule has 34 heavy (non-hydrogen) atoms. The molecule has 0 heterocycles. The Hall–Kier alpha value is -4.08. The Morgan fingerprint density at radius 2 is 1.44 bits per heavy atom. The van der Waals surface area contributed by atoms with Gasteiger partial charge in [-0.1, -0.05) is 0 Å². The summed E-state index contributed by atoms with van der Waals surface area (Å²) in [5.41, 5.74) is 0.833. The summed E-state index contributed by atoms with van der Waals surface area (Å²) in [6.07, 6.45) is -1.32. The number of anilines is 2. The van der Waals surface area contributed by atoms with E-state index >= 15 is 0 Å². The number of benzene rings is 2. The fraction of sp³-hybridized carbons (Fsp3) is 0.333. The van der Waals surface area contributed by atoms with Crippen LogP contribution < -0.4 is 20.7 Å². The minimum absolute atomic E-state index is 0.0770. The van der Waals surface area contributed by atoms with E-state index in [2.05, 4.69) is 16.0 Å². The molecular formula is C24H29N3O7. The van der Waals surface area contributed by atoms with Crippen molar-refractivity contribution in [3.05, 3.63) is 54.1 Å². The van der Waals surface area contributed by atoms with Gasteiger partial charge < -0.3 is 30.2 Å². The molecule has 10 heteroatoms. The summed E-state index contributed by atoms with van der Waals surface area (Å²) in [5, 5.41) is 7.97. The zero-order chi connectivity index (χ0) is 25.1. The monoisotopic (exact) mass is 471 g/mol. The molecule has 2 aromatic rings. The highest BCUT2D eigenvalue weighted by Gasteiger charge is 2.16. The number of amides is 3. The largest absolute Gasteiger partial charge is 0.513 e. The third kappa shape index (κ3) is 9.60. The second-order valence-corrected chi connectivity index (χ2v) is 8.07. The van der Waals surface area contributed by atoms with Crippen molar-refractivity contribution in [2.45, 2.75) is 39.7 Å². The van der Waals surface area contributed by atoms with Gasteiger partial charge in [0, 0.05) is 29.9 Å². The van der Waals surface area contributed by atoms with Crippen molar-refractivity contribution in [3.8, 4) is 5.75 Å². The number of hydrogen-bond donors (Lipinski definition) is 3. The fourth-order valence-electron chi connectivity index (χ4n) is 2.57. The van der Waals surface area contributed by atoms with Crippen LogP contribution in [-0.2, 0) is 14.3 Å². The molecular weight excluding hydrogens is 442 g/mol. The van der Waals surface area contributed by atoms with Gasteiger partial charge in [-0.25, -0.2) is 9.59 Å². The van der Waals surface area contributed by atoms with Crippen molar-refractivity contribution in [1.29, 1.82) is 0 Å². The smallest absolute Gasteiger partial charge is 0.444 e. The van der Waals surface area contributed by atoms with Crippen LogP contribution in [0, 0.1) is 0 Å². The average Bonchev–Trinajstić information content (AvgIpc) is 2.74. The van der Waals surface area contributed by atoms with Crippen LogP contribution in [0.25, 0.3) is 0 Å². The quantitative estimate of drug-likeness (QED) is 0.386. The Morgan fingerprint density at radius 1 is 0.853 bits per heavy atom. The van der Waals surface area contributed by atoms with E-state index in [1.807, 2.05) is 0 Å². The summed E-state index contributed by atoms with van der Waals surface area (Å²) in [4.78, 5) is 47.4. The highest BCUT2D eigenvalue weighted by molar-refractivity contribution is 6.04. The maximum absolute atomic E-state index is 12.4. The third-order valence-electron chi connectivity index (χ3n) is 4.03. The molecule has 0 unspecified atom stereocenters. The van der Waals surface area contributed by atoms with Gasteiger partial charge in [0.15, 0.2) is 0 Å². The molecule has 0 bridgehead atoms. The summed E-state index contributed by atoms with van der Waals surface area (Å²) in [6.45, 7) is 7.27. The molecule has 182 valence electrons. The van der Waals surface area contributed by atoms with Crippen molar-refractivity contribution < 1.29 is 33.4 Å². The second kappa shape index (κ2) is 12.2. The Kier molecular flexibility index (Phi) is 9.42. The molecule has 0 saturated carbocycles. The van der Waals surface area contributed by atoms with Crippen LogP contribution in [0.1, 0.15) is 44.5 Å². The van der Waals surface area contributed by atoms with Gasteiger partial charge in [0.05, 0.1) is 6.61 Å². The van der Waals surface area contributed by atoms with E-state index in [1.165, 1.54) is 24.3 Å². The SMILES string of the molecule is CCOC(=O)Oc1ccc(C(=O)Nc2ccc(NC(=O)CCNC(=O)OC(C)(C)C)cc2)cc1. The van der Waals surface area contributed by atoms with Gasteiger partial charge in [0.1, 0.15) is 11.4 Å². The van der Waals surface area contributed by atoms with Crippen molar-refractivity contribution >= 4 is 35.4 Å². The first-order valence-electron chi connectivity index (χ1n) is 10.7. The van der Waals surface area contributed by atoms with Gasteiger partial charge in [0.2, 0.25) is 5.91 Å². The standard InChI is InChI=1S/C24H29N3O7/c1-5-32-23(31)33-19-12-6-16(7-13-19)21(29)27-18-10-8-17(9-11-18)26-20(28)14-15-25-22(30)34-24(2,3)4/h6-13H,5,14-15H2,1-4H3,(H,25,30)(H,26,28)(H,27,29). The van der Waals surface area contributed by atoms with Crippen LogP contribution in [0.2, 0.25) is 0 Å². The van der Waals surface area contributed by atoms with Crippen molar-refractivity contribution in [2.24, 2.45) is 0 Å². The molecule has 2 rings (SSSR count). The average molecular weight is 472 g/mol. The van der Waals surface area contributed by atoms with E-state index in [0.717, 1.165) is 0 Å². The number of hydrogen-bond acceptors (Lipinski definition) is 7. The summed E-state index contributed by atoms with van der Waals surface area (Å²) in [6, 6.07) is 12.6. The normalized spacial score (nSPS) is 10.6. The zero-order valence-electron chi connectivity index (χ0n) is 19.6. The molecule has 0 atom stereocenters. The van der Waals surface area contributed by atoms with Crippen LogP contribution in [0.4, 0.5) is 21.0 Å². The summed E-state index contributed by atoms with van der Waals surface area (Å²) in [5.74, 6) is -0.373. The summed E-state index contributed by atoms with van der Waals surface area (Å²) < 4.78 is 14.7. The zero-order valence-corrected chi connectivity index (χ0v) is 19.6. The first-order chi connectivity index (χ1) is 16.1. The number of nitrogens with one attached hydrogen (secondary N) is 3. The number of alkyl carbamates (subject to hydrolysis) is 1. The summed E-state index contributed by atoms with van der Waals surface area (Å²) in [7, 11) is 0. The van der Waals surface area contributed by atoms with Gasteiger partial charge in [0.25, 0.3) is 5.91 Å². The molecule has 0 spiro atoms. The maximum atomic E-state index is 12.4. The lowest BCUT2D eigenvalue weighted by Gasteiger charge is -2.19.